The number of aryl methyl sites for hydroxylation is 4. The standard InChI is InChI=1S/C20H21FN2O4.C16H14FNO4.C4H9NO.ClH/c1-12-6-13(4-5-15(12)21)7-17(24)16-8-14(9-23(16)3)18(25)19(26)22-20(2)10-27-11-20;1-9-5-10(3-4-12(9)17)6-14(19)13-7-11(8-18(13)2)15(20)16(21)22;1-4(5)2-6-3-4;/h4-6,8-9H,7,10-11H2,1-3H3,(H,22,26);3-5,7-8H,6H2,1-2H3,(H,21,22);2-3,5H2,1H3;1H. The molecule has 300 valence electrons. The molecule has 2 aliphatic rings. The lowest BCUT2D eigenvalue weighted by molar-refractivity contribution is -0.131. The van der Waals surface area contributed by atoms with E-state index in [4.69, 9.17) is 20.3 Å². The van der Waals surface area contributed by atoms with Crippen LogP contribution in [0, 0.1) is 25.5 Å². The van der Waals surface area contributed by atoms with Gasteiger partial charge in [0.05, 0.1) is 48.9 Å². The number of ketones is 4. The lowest BCUT2D eigenvalue weighted by atomic mass is 10.00. The number of ether oxygens (including phenoxy) is 2. The molecule has 2 saturated heterocycles. The predicted molar refractivity (Wildman–Crippen MR) is 203 cm³/mol. The summed E-state index contributed by atoms with van der Waals surface area (Å²) in [7, 11) is 3.20. The minimum Gasteiger partial charge on any atom is -0.475 e. The first-order chi connectivity index (χ1) is 25.7. The zero-order valence-electron chi connectivity index (χ0n) is 31.9. The molecule has 2 fully saturated rings. The van der Waals surface area contributed by atoms with Crippen LogP contribution in [0.15, 0.2) is 60.9 Å². The van der Waals surface area contributed by atoms with Crippen LogP contribution in [-0.4, -0.2) is 86.8 Å². The molecule has 4 aromatic rings. The molecular weight excluding hydrogens is 754 g/mol. The Kier molecular flexibility index (Phi) is 14.9. The second-order valence-electron chi connectivity index (χ2n) is 14.4. The number of aliphatic carboxylic acids is 1. The summed E-state index contributed by atoms with van der Waals surface area (Å²) in [6.45, 7) is 9.20. The monoisotopic (exact) mass is 798 g/mol. The molecule has 6 rings (SSSR count). The fourth-order valence-corrected chi connectivity index (χ4v) is 5.61. The summed E-state index contributed by atoms with van der Waals surface area (Å²) in [6, 6.07) is 11.6. The van der Waals surface area contributed by atoms with E-state index in [1.165, 1.54) is 51.9 Å². The maximum Gasteiger partial charge on any atom is 0.377 e. The minimum absolute atomic E-state index is 0. The molecule has 0 saturated carbocycles. The van der Waals surface area contributed by atoms with Crippen LogP contribution in [0.2, 0.25) is 0 Å². The first kappa shape index (κ1) is 45.0. The van der Waals surface area contributed by atoms with Crippen LogP contribution in [0.25, 0.3) is 0 Å². The molecule has 0 bridgehead atoms. The molecule has 0 unspecified atom stereocenters. The van der Waals surface area contributed by atoms with Gasteiger partial charge in [0, 0.05) is 50.5 Å². The van der Waals surface area contributed by atoms with Gasteiger partial charge in [0.1, 0.15) is 11.6 Å². The number of benzene rings is 2. The quantitative estimate of drug-likeness (QED) is 0.146. The van der Waals surface area contributed by atoms with E-state index in [2.05, 4.69) is 5.32 Å². The number of rotatable bonds is 11. The van der Waals surface area contributed by atoms with E-state index in [9.17, 15) is 37.5 Å². The Hall–Kier alpha value is -5.35. The van der Waals surface area contributed by atoms with E-state index in [0.29, 0.717) is 41.2 Å². The summed E-state index contributed by atoms with van der Waals surface area (Å²) >= 11 is 0. The summed E-state index contributed by atoms with van der Waals surface area (Å²) in [4.78, 5) is 71.4. The molecule has 0 spiro atoms. The molecule has 4 N–H and O–H groups in total. The van der Waals surface area contributed by atoms with Gasteiger partial charge in [-0.3, -0.25) is 24.0 Å². The molecule has 0 radical (unpaired) electrons. The predicted octanol–water partition coefficient (Wildman–Crippen LogP) is 4.31. The van der Waals surface area contributed by atoms with Crippen LogP contribution < -0.4 is 11.1 Å². The lowest BCUT2D eigenvalue weighted by Gasteiger charge is -2.38. The number of hydrogen-bond donors (Lipinski definition) is 3. The second kappa shape index (κ2) is 18.5. The Morgan fingerprint density at radius 3 is 1.45 bits per heavy atom. The minimum atomic E-state index is -1.57. The Bertz CT molecular complexity index is 2150. The molecule has 16 heteroatoms. The summed E-state index contributed by atoms with van der Waals surface area (Å²) in [6.07, 6.45) is 2.89. The van der Waals surface area contributed by atoms with E-state index in [0.717, 1.165) is 13.2 Å². The smallest absolute Gasteiger partial charge is 0.377 e. The summed E-state index contributed by atoms with van der Waals surface area (Å²) < 4.78 is 39.4. The van der Waals surface area contributed by atoms with Gasteiger partial charge in [-0.15, -0.1) is 12.4 Å². The molecular formula is C40H45ClF2N4O9. The average Bonchev–Trinajstić information content (AvgIpc) is 3.69. The van der Waals surface area contributed by atoms with Crippen molar-refractivity contribution in [3.8, 4) is 0 Å². The van der Waals surface area contributed by atoms with Gasteiger partial charge >= 0.3 is 5.97 Å². The van der Waals surface area contributed by atoms with Crippen molar-refractivity contribution in [2.75, 3.05) is 26.4 Å². The van der Waals surface area contributed by atoms with Crippen molar-refractivity contribution in [2.45, 2.75) is 51.6 Å². The van der Waals surface area contributed by atoms with Crippen LogP contribution >= 0.6 is 12.4 Å². The second-order valence-corrected chi connectivity index (χ2v) is 14.4. The first-order valence-corrected chi connectivity index (χ1v) is 17.2. The highest BCUT2D eigenvalue weighted by molar-refractivity contribution is 6.43. The molecule has 4 heterocycles. The van der Waals surface area contributed by atoms with Gasteiger partial charge in [-0.2, -0.15) is 0 Å². The van der Waals surface area contributed by atoms with E-state index in [-0.39, 0.29) is 70.8 Å². The Morgan fingerprint density at radius 2 is 1.12 bits per heavy atom. The van der Waals surface area contributed by atoms with E-state index < -0.39 is 29.0 Å². The number of nitrogens with two attached hydrogens (primary N) is 1. The number of carbonyl (C=O) groups excluding carboxylic acids is 5. The number of carboxylic acids is 1. The molecule has 1 amide bonds. The highest BCUT2D eigenvalue weighted by Crippen LogP contribution is 2.19. The molecule has 0 atom stereocenters. The third-order valence-electron chi connectivity index (χ3n) is 8.80. The topological polar surface area (TPSA) is 189 Å². The van der Waals surface area contributed by atoms with Crippen molar-refractivity contribution in [1.29, 1.82) is 0 Å². The van der Waals surface area contributed by atoms with Crippen molar-refractivity contribution < 1.29 is 52.1 Å². The van der Waals surface area contributed by atoms with Gasteiger partial charge in [0.2, 0.25) is 0 Å². The van der Waals surface area contributed by atoms with E-state index in [1.807, 2.05) is 6.92 Å². The Balaban J connectivity index is 0.000000260. The average molecular weight is 799 g/mol. The van der Waals surface area contributed by atoms with Crippen molar-refractivity contribution >= 4 is 47.4 Å². The van der Waals surface area contributed by atoms with Crippen molar-refractivity contribution in [1.82, 2.24) is 14.5 Å². The number of nitrogens with zero attached hydrogens (tertiary/aromatic N) is 2. The van der Waals surface area contributed by atoms with E-state index in [1.54, 1.807) is 53.1 Å². The van der Waals surface area contributed by atoms with Gasteiger partial charge in [0.15, 0.2) is 11.6 Å². The number of carboxylic acid groups (broad SMARTS) is 1. The van der Waals surface area contributed by atoms with Crippen molar-refractivity contribution in [3.63, 3.8) is 0 Å². The van der Waals surface area contributed by atoms with Gasteiger partial charge in [0.25, 0.3) is 17.5 Å². The third kappa shape index (κ3) is 11.6. The first-order valence-electron chi connectivity index (χ1n) is 17.2. The number of halogens is 3. The zero-order valence-corrected chi connectivity index (χ0v) is 32.7. The van der Waals surface area contributed by atoms with Gasteiger partial charge < -0.3 is 34.8 Å². The summed E-state index contributed by atoms with van der Waals surface area (Å²) in [5.74, 6) is -5.22. The largest absolute Gasteiger partial charge is 0.475 e. The fraction of sp³-hybridized carbons (Fsp3) is 0.350. The van der Waals surface area contributed by atoms with Crippen LogP contribution in [0.1, 0.15) is 77.8 Å². The maximum absolute atomic E-state index is 13.4. The molecule has 56 heavy (non-hydrogen) atoms. The number of Topliss-reactive ketones (excluding diaryl/α,β-unsaturated/α-hetero) is 4. The van der Waals surface area contributed by atoms with Gasteiger partial charge in [-0.05, 0) is 74.2 Å². The number of amides is 1. The number of hydrogen-bond acceptors (Lipinski definition) is 9. The molecule has 13 nitrogen and oxygen atoms in total. The number of carbonyl (C=O) groups is 6. The van der Waals surface area contributed by atoms with Gasteiger partial charge in [-0.1, -0.05) is 24.3 Å². The Morgan fingerprint density at radius 1 is 0.732 bits per heavy atom. The van der Waals surface area contributed by atoms with Gasteiger partial charge in [-0.25, -0.2) is 13.6 Å². The zero-order chi connectivity index (χ0) is 40.8. The number of nitrogens with one attached hydrogen (secondary N) is 1. The molecule has 0 aliphatic carbocycles. The fourth-order valence-electron chi connectivity index (χ4n) is 5.61. The van der Waals surface area contributed by atoms with Crippen LogP contribution in [-0.2, 0) is 46.0 Å². The molecule has 2 aromatic carbocycles. The molecule has 2 aromatic heterocycles. The van der Waals surface area contributed by atoms with Crippen molar-refractivity contribution in [3.05, 3.63) is 117 Å². The van der Waals surface area contributed by atoms with Crippen LogP contribution in [0.5, 0.6) is 0 Å². The van der Waals surface area contributed by atoms with Crippen LogP contribution in [0.3, 0.4) is 0 Å². The summed E-state index contributed by atoms with van der Waals surface area (Å²) in [5, 5.41) is 11.3. The Labute approximate surface area is 328 Å². The molecule has 2 aliphatic heterocycles. The highest BCUT2D eigenvalue weighted by Gasteiger charge is 2.37. The normalized spacial score (nSPS) is 14.5. The van der Waals surface area contributed by atoms with E-state index >= 15 is 0 Å². The third-order valence-corrected chi connectivity index (χ3v) is 8.80. The maximum atomic E-state index is 13.4. The van der Waals surface area contributed by atoms with Crippen molar-refractivity contribution in [2.24, 2.45) is 19.8 Å². The summed E-state index contributed by atoms with van der Waals surface area (Å²) in [5.41, 5.74) is 7.85. The lowest BCUT2D eigenvalue weighted by Crippen LogP contribution is -2.61. The number of aromatic nitrogens is 2. The highest BCUT2D eigenvalue weighted by atomic mass is 35.5. The van der Waals surface area contributed by atoms with Crippen LogP contribution in [0.4, 0.5) is 8.78 Å². The SMILES string of the molecule is CC1(N)COC1.Cc1cc(CC(=O)c2cc(C(=O)C(=O)NC3(C)COC3)cn2C)ccc1F.Cc1cc(CC(=O)c2cc(C(=O)C(=O)O)cn2C)ccc1F.Cl.